The van der Waals surface area contributed by atoms with Gasteiger partial charge in [0.25, 0.3) is 0 Å². The van der Waals surface area contributed by atoms with E-state index in [1.807, 2.05) is 6.92 Å². The number of hydrogen-bond acceptors (Lipinski definition) is 4. The van der Waals surface area contributed by atoms with Gasteiger partial charge in [0.2, 0.25) is 0 Å². The SMILES string of the molecule is C=CC1(C)CC(O)C2C(=C)C(=O)OC2C1C(=C)CO. The lowest BCUT2D eigenvalue weighted by atomic mass is 9.59. The number of ether oxygens (including phenoxy) is 1. The Bertz CT molecular complexity index is 453. The maximum atomic E-state index is 11.7. The standard InChI is InChI=1S/C15H20O4/c1-5-15(4)6-10(17)11-9(3)14(18)19-13(11)12(15)8(2)7-16/h5,10-13,16-17H,1-3,6-7H2,4H3. The van der Waals surface area contributed by atoms with Crippen LogP contribution in [0.1, 0.15) is 13.3 Å². The van der Waals surface area contributed by atoms with Gasteiger partial charge < -0.3 is 14.9 Å². The van der Waals surface area contributed by atoms with Crippen LogP contribution in [0, 0.1) is 17.3 Å². The molecule has 2 N–H and O–H groups in total. The van der Waals surface area contributed by atoms with E-state index < -0.39 is 29.5 Å². The van der Waals surface area contributed by atoms with Crippen LogP contribution in [0.4, 0.5) is 0 Å². The van der Waals surface area contributed by atoms with Crippen LogP contribution in [-0.2, 0) is 9.53 Å². The number of aliphatic hydroxyl groups is 2. The summed E-state index contributed by atoms with van der Waals surface area (Å²) in [7, 11) is 0. The predicted octanol–water partition coefficient (Wildman–Crippen LogP) is 1.21. The zero-order valence-electron chi connectivity index (χ0n) is 11.1. The molecule has 19 heavy (non-hydrogen) atoms. The van der Waals surface area contributed by atoms with Crippen molar-refractivity contribution in [1.82, 2.24) is 0 Å². The molecule has 4 heteroatoms. The zero-order chi connectivity index (χ0) is 14.4. The number of esters is 1. The Morgan fingerprint density at radius 3 is 2.79 bits per heavy atom. The fourth-order valence-corrected chi connectivity index (χ4v) is 3.42. The van der Waals surface area contributed by atoms with Crippen LogP contribution >= 0.6 is 0 Å². The number of fused-ring (bicyclic) bond motifs is 1. The molecule has 0 spiro atoms. The molecule has 1 aliphatic heterocycles. The van der Waals surface area contributed by atoms with Crippen LogP contribution in [0.25, 0.3) is 0 Å². The average molecular weight is 264 g/mol. The molecule has 5 unspecified atom stereocenters. The predicted molar refractivity (Wildman–Crippen MR) is 71.2 cm³/mol. The minimum absolute atomic E-state index is 0.183. The lowest BCUT2D eigenvalue weighted by molar-refractivity contribution is -0.146. The molecule has 104 valence electrons. The molecule has 0 amide bonds. The van der Waals surface area contributed by atoms with Gasteiger partial charge in [0.1, 0.15) is 6.10 Å². The first kappa shape index (κ1) is 14.0. The third-order valence-corrected chi connectivity index (χ3v) is 4.47. The Morgan fingerprint density at radius 1 is 1.63 bits per heavy atom. The number of carbonyl (C=O) groups excluding carboxylic acids is 1. The summed E-state index contributed by atoms with van der Waals surface area (Å²) in [4.78, 5) is 11.7. The maximum absolute atomic E-state index is 11.7. The highest BCUT2D eigenvalue weighted by molar-refractivity contribution is 5.91. The van der Waals surface area contributed by atoms with Crippen molar-refractivity contribution in [2.45, 2.75) is 25.6 Å². The van der Waals surface area contributed by atoms with Crippen LogP contribution in [-0.4, -0.2) is 35.0 Å². The Balaban J connectivity index is 2.46. The van der Waals surface area contributed by atoms with E-state index in [2.05, 4.69) is 19.7 Å². The summed E-state index contributed by atoms with van der Waals surface area (Å²) in [6, 6.07) is 0. The average Bonchev–Trinajstić information content (AvgIpc) is 2.65. The molecule has 2 fully saturated rings. The summed E-state index contributed by atoms with van der Waals surface area (Å²) in [6.45, 7) is 13.1. The molecule has 1 heterocycles. The number of allylic oxidation sites excluding steroid dienone is 1. The highest BCUT2D eigenvalue weighted by Crippen LogP contribution is 2.52. The number of rotatable bonds is 3. The van der Waals surface area contributed by atoms with Crippen molar-refractivity contribution < 1.29 is 19.7 Å². The summed E-state index contributed by atoms with van der Waals surface area (Å²) < 4.78 is 5.36. The van der Waals surface area contributed by atoms with Crippen LogP contribution in [0.15, 0.2) is 37.0 Å². The third-order valence-electron chi connectivity index (χ3n) is 4.47. The number of carbonyl (C=O) groups is 1. The van der Waals surface area contributed by atoms with E-state index in [1.54, 1.807) is 6.08 Å². The Hall–Kier alpha value is -1.39. The van der Waals surface area contributed by atoms with E-state index in [9.17, 15) is 15.0 Å². The quantitative estimate of drug-likeness (QED) is 0.457. The summed E-state index contributed by atoms with van der Waals surface area (Å²) in [5.41, 5.74) is 0.428. The van der Waals surface area contributed by atoms with E-state index in [4.69, 9.17) is 4.74 Å². The highest BCUT2D eigenvalue weighted by Gasteiger charge is 2.56. The summed E-state index contributed by atoms with van der Waals surface area (Å²) >= 11 is 0. The number of aliphatic hydroxyl groups excluding tert-OH is 2. The van der Waals surface area contributed by atoms with Gasteiger partial charge in [0.05, 0.1) is 18.6 Å². The van der Waals surface area contributed by atoms with E-state index in [0.29, 0.717) is 17.6 Å². The molecule has 2 rings (SSSR count). The fourth-order valence-electron chi connectivity index (χ4n) is 3.42. The lowest BCUT2D eigenvalue weighted by Gasteiger charge is -2.47. The molecule has 5 atom stereocenters. The second-order valence-corrected chi connectivity index (χ2v) is 5.70. The molecule has 0 aromatic heterocycles. The molecular weight excluding hydrogens is 244 g/mol. The molecule has 1 saturated carbocycles. The summed E-state index contributed by atoms with van der Waals surface area (Å²) in [6.07, 6.45) is 0.963. The van der Waals surface area contributed by atoms with Crippen molar-refractivity contribution >= 4 is 5.97 Å². The van der Waals surface area contributed by atoms with Gasteiger partial charge >= 0.3 is 5.97 Å². The second-order valence-electron chi connectivity index (χ2n) is 5.70. The van der Waals surface area contributed by atoms with Crippen molar-refractivity contribution in [2.75, 3.05) is 6.61 Å². The van der Waals surface area contributed by atoms with Gasteiger partial charge in [-0.1, -0.05) is 26.2 Å². The normalized spacial score (nSPS) is 41.6. The fraction of sp³-hybridized carbons (Fsp3) is 0.533. The topological polar surface area (TPSA) is 66.8 Å². The first-order chi connectivity index (χ1) is 8.85. The van der Waals surface area contributed by atoms with Crippen LogP contribution in [0.5, 0.6) is 0 Å². The van der Waals surface area contributed by atoms with Gasteiger partial charge in [0.15, 0.2) is 0 Å². The molecule has 0 aromatic rings. The van der Waals surface area contributed by atoms with Crippen molar-refractivity contribution in [2.24, 2.45) is 17.3 Å². The van der Waals surface area contributed by atoms with Crippen molar-refractivity contribution in [1.29, 1.82) is 0 Å². The highest BCUT2D eigenvalue weighted by atomic mass is 16.6. The van der Waals surface area contributed by atoms with Gasteiger partial charge in [-0.25, -0.2) is 4.79 Å². The molecule has 0 radical (unpaired) electrons. The van der Waals surface area contributed by atoms with Crippen LogP contribution in [0.3, 0.4) is 0 Å². The van der Waals surface area contributed by atoms with Gasteiger partial charge in [-0.15, -0.1) is 6.58 Å². The third kappa shape index (κ3) is 1.95. The van der Waals surface area contributed by atoms with Gasteiger partial charge in [-0.3, -0.25) is 0 Å². The van der Waals surface area contributed by atoms with Crippen molar-refractivity contribution in [3.63, 3.8) is 0 Å². The number of hydrogen-bond donors (Lipinski definition) is 2. The molecule has 2 aliphatic rings. The van der Waals surface area contributed by atoms with Gasteiger partial charge in [-0.2, -0.15) is 0 Å². The Morgan fingerprint density at radius 2 is 2.26 bits per heavy atom. The van der Waals surface area contributed by atoms with E-state index >= 15 is 0 Å². The van der Waals surface area contributed by atoms with E-state index in [-0.39, 0.29) is 12.5 Å². The van der Waals surface area contributed by atoms with E-state index in [0.717, 1.165) is 0 Å². The van der Waals surface area contributed by atoms with Crippen molar-refractivity contribution in [3.8, 4) is 0 Å². The summed E-state index contributed by atoms with van der Waals surface area (Å²) in [5.74, 6) is -1.15. The molecule has 1 saturated heterocycles. The largest absolute Gasteiger partial charge is 0.458 e. The first-order valence-electron chi connectivity index (χ1n) is 6.35. The summed E-state index contributed by atoms with van der Waals surface area (Å²) in [5, 5.41) is 19.6. The van der Waals surface area contributed by atoms with E-state index in [1.165, 1.54) is 0 Å². The Kier molecular flexibility index (Phi) is 3.41. The molecule has 1 aliphatic carbocycles. The van der Waals surface area contributed by atoms with Gasteiger partial charge in [0, 0.05) is 11.5 Å². The minimum atomic E-state index is -0.699. The molecule has 0 bridgehead atoms. The molecular formula is C15H20O4. The Labute approximate surface area is 113 Å². The van der Waals surface area contributed by atoms with Crippen LogP contribution in [0.2, 0.25) is 0 Å². The minimum Gasteiger partial charge on any atom is -0.458 e. The van der Waals surface area contributed by atoms with Crippen molar-refractivity contribution in [3.05, 3.63) is 37.0 Å². The molecule has 0 aromatic carbocycles. The first-order valence-corrected chi connectivity index (χ1v) is 6.35. The zero-order valence-corrected chi connectivity index (χ0v) is 11.1. The second kappa shape index (κ2) is 4.62. The smallest absolute Gasteiger partial charge is 0.334 e. The molecule has 4 nitrogen and oxygen atoms in total. The monoisotopic (exact) mass is 264 g/mol. The van der Waals surface area contributed by atoms with Crippen LogP contribution < -0.4 is 0 Å². The maximum Gasteiger partial charge on any atom is 0.334 e. The van der Waals surface area contributed by atoms with Gasteiger partial charge in [-0.05, 0) is 17.4 Å². The lowest BCUT2D eigenvalue weighted by Crippen LogP contribution is -2.50.